The largest absolute Gasteiger partial charge is 0.358 e. The highest BCUT2D eigenvalue weighted by Crippen LogP contribution is 2.35. The molecule has 0 bridgehead atoms. The van der Waals surface area contributed by atoms with E-state index in [1.165, 1.54) is 30.6 Å². The van der Waals surface area contributed by atoms with Crippen molar-refractivity contribution in [2.45, 2.75) is 38.3 Å². The Labute approximate surface area is 127 Å². The minimum absolute atomic E-state index is 0.317. The number of nitrogens with zero attached hydrogens (tertiary/aromatic N) is 1. The van der Waals surface area contributed by atoms with Crippen LogP contribution in [-0.2, 0) is 0 Å². The Bertz CT molecular complexity index is 472. The van der Waals surface area contributed by atoms with Gasteiger partial charge in [0.25, 0.3) is 0 Å². The van der Waals surface area contributed by atoms with Crippen LogP contribution in [0.5, 0.6) is 0 Å². The third kappa shape index (κ3) is 3.16. The molecule has 3 atom stereocenters. The molecule has 3 unspecified atom stereocenters. The SMILES string of the molecule is CC(NC1=NC2CCCC2CS1)c1ccc(Br)cc1. The van der Waals surface area contributed by atoms with Gasteiger partial charge in [-0.3, -0.25) is 4.99 Å². The molecular weight excluding hydrogens is 320 g/mol. The lowest BCUT2D eigenvalue weighted by atomic mass is 10.1. The van der Waals surface area contributed by atoms with Crippen molar-refractivity contribution >= 4 is 32.9 Å². The third-order valence-corrected chi connectivity index (χ3v) is 5.67. The molecule has 2 aliphatic rings. The minimum atomic E-state index is 0.317. The number of benzene rings is 1. The van der Waals surface area contributed by atoms with Gasteiger partial charge in [0.2, 0.25) is 0 Å². The Kier molecular flexibility index (Phi) is 4.18. The fourth-order valence-electron chi connectivity index (χ4n) is 2.85. The van der Waals surface area contributed by atoms with Crippen LogP contribution in [0.2, 0.25) is 0 Å². The summed E-state index contributed by atoms with van der Waals surface area (Å²) >= 11 is 5.37. The Balaban J connectivity index is 1.66. The average molecular weight is 339 g/mol. The summed E-state index contributed by atoms with van der Waals surface area (Å²) in [4.78, 5) is 4.89. The van der Waals surface area contributed by atoms with Gasteiger partial charge in [-0.05, 0) is 43.4 Å². The van der Waals surface area contributed by atoms with E-state index in [0.29, 0.717) is 12.1 Å². The van der Waals surface area contributed by atoms with Gasteiger partial charge in [0.15, 0.2) is 5.17 Å². The Morgan fingerprint density at radius 2 is 2.11 bits per heavy atom. The number of amidine groups is 1. The number of halogens is 1. The first-order valence-electron chi connectivity index (χ1n) is 6.95. The predicted octanol–water partition coefficient (Wildman–Crippen LogP) is 4.37. The van der Waals surface area contributed by atoms with Gasteiger partial charge in [-0.15, -0.1) is 0 Å². The summed E-state index contributed by atoms with van der Waals surface area (Å²) in [5.74, 6) is 2.07. The number of thioether (sulfide) groups is 1. The Hall–Kier alpha value is -0.480. The van der Waals surface area contributed by atoms with Crippen molar-refractivity contribution in [3.63, 3.8) is 0 Å². The molecule has 1 aliphatic heterocycles. The van der Waals surface area contributed by atoms with E-state index in [-0.39, 0.29) is 0 Å². The van der Waals surface area contributed by atoms with Crippen LogP contribution in [0.1, 0.15) is 37.8 Å². The van der Waals surface area contributed by atoms with Gasteiger partial charge < -0.3 is 5.32 Å². The number of hydrogen-bond acceptors (Lipinski definition) is 3. The molecule has 1 aliphatic carbocycles. The Morgan fingerprint density at radius 3 is 2.89 bits per heavy atom. The van der Waals surface area contributed by atoms with Crippen molar-refractivity contribution in [3.05, 3.63) is 34.3 Å². The second-order valence-corrected chi connectivity index (χ2v) is 7.35. The standard InChI is InChI=1S/C15H19BrN2S/c1-10(11-5-7-13(16)8-6-11)17-15-18-14-4-2-3-12(14)9-19-15/h5-8,10,12,14H,2-4,9H2,1H3,(H,17,18). The summed E-state index contributed by atoms with van der Waals surface area (Å²) in [6.07, 6.45) is 4.01. The zero-order chi connectivity index (χ0) is 13.2. The number of aliphatic imine (C=N–C) groups is 1. The van der Waals surface area contributed by atoms with Crippen molar-refractivity contribution < 1.29 is 0 Å². The second-order valence-electron chi connectivity index (χ2n) is 5.42. The zero-order valence-corrected chi connectivity index (χ0v) is 13.5. The molecule has 1 aromatic carbocycles. The lowest BCUT2D eigenvalue weighted by Crippen LogP contribution is -2.31. The maximum atomic E-state index is 4.89. The molecule has 0 aromatic heterocycles. The monoisotopic (exact) mass is 338 g/mol. The topological polar surface area (TPSA) is 24.4 Å². The lowest BCUT2D eigenvalue weighted by molar-refractivity contribution is 0.531. The van der Waals surface area contributed by atoms with Gasteiger partial charge in [0.05, 0.1) is 12.1 Å². The zero-order valence-electron chi connectivity index (χ0n) is 11.1. The molecule has 1 saturated carbocycles. The van der Waals surface area contributed by atoms with Crippen LogP contribution < -0.4 is 5.32 Å². The van der Waals surface area contributed by atoms with Gasteiger partial charge in [-0.2, -0.15) is 0 Å². The van der Waals surface area contributed by atoms with E-state index in [1.54, 1.807) is 0 Å². The highest BCUT2D eigenvalue weighted by atomic mass is 79.9. The van der Waals surface area contributed by atoms with Crippen LogP contribution >= 0.6 is 27.7 Å². The summed E-state index contributed by atoms with van der Waals surface area (Å²) in [6, 6.07) is 9.41. The van der Waals surface area contributed by atoms with E-state index in [4.69, 9.17) is 4.99 Å². The summed E-state index contributed by atoms with van der Waals surface area (Å²) in [5.41, 5.74) is 1.31. The maximum absolute atomic E-state index is 4.89. The second kappa shape index (κ2) is 5.88. The molecule has 1 fully saturated rings. The number of rotatable bonds is 2. The molecule has 0 saturated heterocycles. The first-order valence-corrected chi connectivity index (χ1v) is 8.73. The molecule has 2 nitrogen and oxygen atoms in total. The van der Waals surface area contributed by atoms with Crippen molar-refractivity contribution in [2.75, 3.05) is 5.75 Å². The van der Waals surface area contributed by atoms with Gasteiger partial charge in [0.1, 0.15) is 0 Å². The average Bonchev–Trinajstić information content (AvgIpc) is 2.87. The molecular formula is C15H19BrN2S. The van der Waals surface area contributed by atoms with Crippen LogP contribution in [0.15, 0.2) is 33.7 Å². The molecule has 0 spiro atoms. The Morgan fingerprint density at radius 1 is 1.32 bits per heavy atom. The minimum Gasteiger partial charge on any atom is -0.358 e. The molecule has 1 aromatic rings. The van der Waals surface area contributed by atoms with Gasteiger partial charge >= 0.3 is 0 Å². The fraction of sp³-hybridized carbons (Fsp3) is 0.533. The molecule has 3 rings (SSSR count). The maximum Gasteiger partial charge on any atom is 0.157 e. The van der Waals surface area contributed by atoms with E-state index in [0.717, 1.165) is 15.6 Å². The number of hydrogen-bond donors (Lipinski definition) is 1. The first-order chi connectivity index (χ1) is 9.22. The number of nitrogens with one attached hydrogen (secondary N) is 1. The highest BCUT2D eigenvalue weighted by Gasteiger charge is 2.31. The van der Waals surface area contributed by atoms with Crippen molar-refractivity contribution in [1.29, 1.82) is 0 Å². The number of fused-ring (bicyclic) bond motifs is 1. The van der Waals surface area contributed by atoms with E-state index in [9.17, 15) is 0 Å². The molecule has 4 heteroatoms. The van der Waals surface area contributed by atoms with Crippen LogP contribution in [0.25, 0.3) is 0 Å². The summed E-state index contributed by atoms with van der Waals surface area (Å²) in [6.45, 7) is 2.20. The van der Waals surface area contributed by atoms with Crippen molar-refractivity contribution in [2.24, 2.45) is 10.9 Å². The van der Waals surface area contributed by atoms with Crippen LogP contribution in [0.4, 0.5) is 0 Å². The van der Waals surface area contributed by atoms with Gasteiger partial charge in [-0.1, -0.05) is 46.2 Å². The summed E-state index contributed by atoms with van der Waals surface area (Å²) in [7, 11) is 0. The van der Waals surface area contributed by atoms with Crippen LogP contribution in [0.3, 0.4) is 0 Å². The normalized spacial score (nSPS) is 27.6. The molecule has 19 heavy (non-hydrogen) atoms. The van der Waals surface area contributed by atoms with Crippen molar-refractivity contribution in [1.82, 2.24) is 5.32 Å². The lowest BCUT2D eigenvalue weighted by Gasteiger charge is -2.25. The summed E-state index contributed by atoms with van der Waals surface area (Å²) in [5, 5.41) is 4.70. The smallest absolute Gasteiger partial charge is 0.157 e. The molecule has 1 heterocycles. The fourth-order valence-corrected chi connectivity index (χ4v) is 4.35. The molecule has 0 amide bonds. The quantitative estimate of drug-likeness (QED) is 0.865. The van der Waals surface area contributed by atoms with Gasteiger partial charge in [0, 0.05) is 10.2 Å². The van der Waals surface area contributed by atoms with E-state index in [1.807, 2.05) is 11.8 Å². The predicted molar refractivity (Wildman–Crippen MR) is 86.7 cm³/mol. The van der Waals surface area contributed by atoms with Crippen molar-refractivity contribution in [3.8, 4) is 0 Å². The molecule has 102 valence electrons. The van der Waals surface area contributed by atoms with E-state index in [2.05, 4.69) is 52.4 Å². The van der Waals surface area contributed by atoms with E-state index >= 15 is 0 Å². The third-order valence-electron chi connectivity index (χ3n) is 4.05. The van der Waals surface area contributed by atoms with E-state index < -0.39 is 0 Å². The molecule has 0 radical (unpaired) electrons. The van der Waals surface area contributed by atoms with Gasteiger partial charge in [-0.25, -0.2) is 0 Å². The molecule has 1 N–H and O–H groups in total. The first kappa shape index (κ1) is 13.5. The van der Waals surface area contributed by atoms with Crippen LogP contribution in [-0.4, -0.2) is 17.0 Å². The van der Waals surface area contributed by atoms with Crippen LogP contribution in [0, 0.1) is 5.92 Å². The highest BCUT2D eigenvalue weighted by molar-refractivity contribution is 9.10. The summed E-state index contributed by atoms with van der Waals surface area (Å²) < 4.78 is 1.13.